The lowest BCUT2D eigenvalue weighted by Gasteiger charge is -2.20. The molecule has 3 aromatic carbocycles. The number of rotatable bonds is 10. The first kappa shape index (κ1) is 28.3. The first-order chi connectivity index (χ1) is 19.4. The van der Waals surface area contributed by atoms with Crippen molar-refractivity contribution in [2.45, 2.75) is 20.8 Å². The van der Waals surface area contributed by atoms with Crippen molar-refractivity contribution in [2.24, 2.45) is 5.10 Å². The Labute approximate surface area is 239 Å². The minimum Gasteiger partial charge on any atom is -0.372 e. The standard InChI is InChI=1S/C31H31ClN6O2/c1-4-37(5-2)25-18-16-23(17-19-25)20-28(34-30(39)24-12-8-6-9-13-24)31(40)35-33-21-27-22(3)36-38(29(27)32)26-14-10-7-11-15-26/h6-21H,4-5H2,1-3H3,(H,34,39)(H,35,40)/b28-20+,33-21+. The number of halogens is 1. The van der Waals surface area contributed by atoms with Gasteiger partial charge in [-0.2, -0.15) is 10.2 Å². The number of nitrogens with one attached hydrogen (secondary N) is 2. The van der Waals surface area contributed by atoms with Gasteiger partial charge in [-0.25, -0.2) is 10.1 Å². The Morgan fingerprint density at radius 3 is 2.20 bits per heavy atom. The average Bonchev–Trinajstić information content (AvgIpc) is 3.27. The molecule has 0 bridgehead atoms. The summed E-state index contributed by atoms with van der Waals surface area (Å²) in [4.78, 5) is 28.3. The second-order valence-electron chi connectivity index (χ2n) is 8.88. The Bertz CT molecular complexity index is 1510. The summed E-state index contributed by atoms with van der Waals surface area (Å²) in [6.45, 7) is 7.78. The number of aromatic nitrogens is 2. The van der Waals surface area contributed by atoms with Crippen LogP contribution in [0.2, 0.25) is 5.15 Å². The summed E-state index contributed by atoms with van der Waals surface area (Å²) in [5.74, 6) is -0.994. The number of para-hydroxylation sites is 1. The van der Waals surface area contributed by atoms with Gasteiger partial charge in [-0.1, -0.05) is 60.1 Å². The lowest BCUT2D eigenvalue weighted by atomic mass is 10.1. The Morgan fingerprint density at radius 1 is 0.950 bits per heavy atom. The summed E-state index contributed by atoms with van der Waals surface area (Å²) in [5, 5.41) is 11.7. The molecule has 0 saturated carbocycles. The highest BCUT2D eigenvalue weighted by Crippen LogP contribution is 2.22. The fourth-order valence-electron chi connectivity index (χ4n) is 4.09. The van der Waals surface area contributed by atoms with Gasteiger partial charge in [0.1, 0.15) is 10.9 Å². The third-order valence-corrected chi connectivity index (χ3v) is 6.63. The van der Waals surface area contributed by atoms with Gasteiger partial charge in [0.25, 0.3) is 11.8 Å². The first-order valence-electron chi connectivity index (χ1n) is 13.0. The van der Waals surface area contributed by atoms with E-state index in [1.165, 1.54) is 6.21 Å². The molecular weight excluding hydrogens is 524 g/mol. The van der Waals surface area contributed by atoms with Crippen molar-refractivity contribution in [1.29, 1.82) is 0 Å². The normalized spacial score (nSPS) is 11.4. The van der Waals surface area contributed by atoms with Crippen molar-refractivity contribution in [3.05, 3.63) is 118 Å². The van der Waals surface area contributed by atoms with Crippen LogP contribution in [0.3, 0.4) is 0 Å². The van der Waals surface area contributed by atoms with Crippen LogP contribution < -0.4 is 15.6 Å². The van der Waals surface area contributed by atoms with Crippen LogP contribution in [0.5, 0.6) is 0 Å². The van der Waals surface area contributed by atoms with Gasteiger partial charge < -0.3 is 10.2 Å². The Hall–Kier alpha value is -4.69. The number of carbonyl (C=O) groups is 2. The van der Waals surface area contributed by atoms with Gasteiger partial charge >= 0.3 is 0 Å². The van der Waals surface area contributed by atoms with E-state index in [-0.39, 0.29) is 5.70 Å². The zero-order valence-electron chi connectivity index (χ0n) is 22.6. The Morgan fingerprint density at radius 2 is 1.57 bits per heavy atom. The predicted molar refractivity (Wildman–Crippen MR) is 161 cm³/mol. The van der Waals surface area contributed by atoms with Crippen LogP contribution >= 0.6 is 11.6 Å². The number of hydrazone groups is 1. The van der Waals surface area contributed by atoms with E-state index in [9.17, 15) is 9.59 Å². The van der Waals surface area contributed by atoms with Crippen molar-refractivity contribution in [3.63, 3.8) is 0 Å². The fourth-order valence-corrected chi connectivity index (χ4v) is 4.41. The number of nitrogens with zero attached hydrogens (tertiary/aromatic N) is 4. The molecule has 0 aliphatic rings. The molecule has 204 valence electrons. The van der Waals surface area contributed by atoms with E-state index < -0.39 is 11.8 Å². The van der Waals surface area contributed by atoms with E-state index in [1.807, 2.05) is 67.6 Å². The topological polar surface area (TPSA) is 91.6 Å². The predicted octanol–water partition coefficient (Wildman–Crippen LogP) is 5.60. The van der Waals surface area contributed by atoms with Gasteiger partial charge in [0.2, 0.25) is 0 Å². The Kier molecular flexibility index (Phi) is 9.48. The SMILES string of the molecule is CCN(CC)c1ccc(/C=C(/NC(=O)c2ccccc2)C(=O)N/N=C/c2c(C)nn(-c3ccccc3)c2Cl)cc1. The molecule has 0 aliphatic heterocycles. The maximum atomic E-state index is 13.2. The van der Waals surface area contributed by atoms with Crippen LogP contribution in [0.4, 0.5) is 5.69 Å². The minimum absolute atomic E-state index is 0.0457. The second-order valence-corrected chi connectivity index (χ2v) is 9.24. The van der Waals surface area contributed by atoms with E-state index in [2.05, 4.69) is 39.7 Å². The van der Waals surface area contributed by atoms with Crippen LogP contribution in [-0.4, -0.2) is 40.9 Å². The summed E-state index contributed by atoms with van der Waals surface area (Å²) in [7, 11) is 0. The molecular formula is C31H31ClN6O2. The molecule has 1 aromatic heterocycles. The van der Waals surface area contributed by atoms with E-state index in [4.69, 9.17) is 11.6 Å². The van der Waals surface area contributed by atoms with Crippen molar-refractivity contribution in [1.82, 2.24) is 20.5 Å². The third-order valence-electron chi connectivity index (χ3n) is 6.27. The molecule has 4 aromatic rings. The number of amides is 2. The summed E-state index contributed by atoms with van der Waals surface area (Å²) in [5.41, 5.74) is 6.83. The summed E-state index contributed by atoms with van der Waals surface area (Å²) in [6, 6.07) is 26.0. The summed E-state index contributed by atoms with van der Waals surface area (Å²) in [6.07, 6.45) is 3.06. The monoisotopic (exact) mass is 554 g/mol. The molecule has 4 rings (SSSR count). The average molecular weight is 555 g/mol. The molecule has 0 atom stereocenters. The van der Waals surface area contributed by atoms with E-state index in [0.717, 1.165) is 30.0 Å². The van der Waals surface area contributed by atoms with Crippen molar-refractivity contribution < 1.29 is 9.59 Å². The van der Waals surface area contributed by atoms with Crippen LogP contribution in [0.25, 0.3) is 11.8 Å². The molecule has 40 heavy (non-hydrogen) atoms. The molecule has 0 saturated heterocycles. The fraction of sp³-hybridized carbons (Fsp3) is 0.161. The largest absolute Gasteiger partial charge is 0.372 e. The molecule has 0 aliphatic carbocycles. The number of hydrogen-bond acceptors (Lipinski definition) is 5. The van der Waals surface area contributed by atoms with Gasteiger partial charge in [-0.15, -0.1) is 0 Å². The van der Waals surface area contributed by atoms with Crippen molar-refractivity contribution in [3.8, 4) is 5.69 Å². The van der Waals surface area contributed by atoms with E-state index in [1.54, 1.807) is 35.0 Å². The van der Waals surface area contributed by atoms with E-state index >= 15 is 0 Å². The number of carbonyl (C=O) groups excluding carboxylic acids is 2. The number of hydrogen-bond donors (Lipinski definition) is 2. The minimum atomic E-state index is -0.586. The van der Waals surface area contributed by atoms with Crippen molar-refractivity contribution in [2.75, 3.05) is 18.0 Å². The molecule has 9 heteroatoms. The number of aryl methyl sites for hydroxylation is 1. The molecule has 2 amide bonds. The molecule has 0 spiro atoms. The van der Waals surface area contributed by atoms with Crippen LogP contribution in [-0.2, 0) is 4.79 Å². The highest BCUT2D eigenvalue weighted by molar-refractivity contribution is 6.32. The maximum absolute atomic E-state index is 13.2. The smallest absolute Gasteiger partial charge is 0.287 e. The second kappa shape index (κ2) is 13.4. The quantitative estimate of drug-likeness (QED) is 0.152. The van der Waals surface area contributed by atoms with Crippen molar-refractivity contribution >= 4 is 41.4 Å². The number of anilines is 1. The molecule has 2 N–H and O–H groups in total. The summed E-state index contributed by atoms with van der Waals surface area (Å²) < 4.78 is 1.60. The Balaban J connectivity index is 1.56. The van der Waals surface area contributed by atoms with Gasteiger partial charge in [0.15, 0.2) is 0 Å². The molecule has 8 nitrogen and oxygen atoms in total. The lowest BCUT2D eigenvalue weighted by Crippen LogP contribution is -2.32. The van der Waals surface area contributed by atoms with Crippen LogP contribution in [0, 0.1) is 6.92 Å². The molecule has 1 heterocycles. The maximum Gasteiger partial charge on any atom is 0.287 e. The third kappa shape index (κ3) is 6.84. The lowest BCUT2D eigenvalue weighted by molar-refractivity contribution is -0.117. The van der Waals surface area contributed by atoms with Gasteiger partial charge in [-0.3, -0.25) is 9.59 Å². The first-order valence-corrected chi connectivity index (χ1v) is 13.4. The summed E-state index contributed by atoms with van der Waals surface area (Å²) >= 11 is 6.57. The zero-order valence-corrected chi connectivity index (χ0v) is 23.4. The molecule has 0 unspecified atom stereocenters. The molecule has 0 fully saturated rings. The zero-order chi connectivity index (χ0) is 28.5. The van der Waals surface area contributed by atoms with Gasteiger partial charge in [-0.05, 0) is 68.8 Å². The highest BCUT2D eigenvalue weighted by Gasteiger charge is 2.16. The van der Waals surface area contributed by atoms with Crippen LogP contribution in [0.1, 0.15) is 41.0 Å². The van der Waals surface area contributed by atoms with E-state index in [0.29, 0.717) is 22.0 Å². The number of benzene rings is 3. The van der Waals surface area contributed by atoms with Gasteiger partial charge in [0, 0.05) is 24.3 Å². The molecule has 0 radical (unpaired) electrons. The highest BCUT2D eigenvalue weighted by atomic mass is 35.5. The van der Waals surface area contributed by atoms with Gasteiger partial charge in [0.05, 0.1) is 23.2 Å². The van der Waals surface area contributed by atoms with Crippen LogP contribution in [0.15, 0.2) is 95.7 Å².